The van der Waals surface area contributed by atoms with E-state index < -0.39 is 5.97 Å². The highest BCUT2D eigenvalue weighted by Crippen LogP contribution is 2.09. The van der Waals surface area contributed by atoms with Crippen molar-refractivity contribution < 1.29 is 9.90 Å². The van der Waals surface area contributed by atoms with E-state index in [-0.39, 0.29) is 0 Å². The summed E-state index contributed by atoms with van der Waals surface area (Å²) in [5, 5.41) is 8.77. The van der Waals surface area contributed by atoms with Crippen LogP contribution in [0.5, 0.6) is 0 Å². The zero-order chi connectivity index (χ0) is 12.7. The summed E-state index contributed by atoms with van der Waals surface area (Å²) in [6, 6.07) is 7.18. The highest BCUT2D eigenvalue weighted by molar-refractivity contribution is 5.87. The van der Waals surface area contributed by atoms with E-state index in [4.69, 9.17) is 5.11 Å². The first kappa shape index (κ1) is 13.7. The molecule has 0 fully saturated rings. The summed E-state index contributed by atoms with van der Waals surface area (Å²) in [5.41, 5.74) is 1.58. The normalized spacial score (nSPS) is 10.8. The Bertz CT molecular complexity index is 344. The fourth-order valence-corrected chi connectivity index (χ4v) is 1.75. The van der Waals surface area contributed by atoms with E-state index in [1.54, 1.807) is 12.1 Å². The van der Waals surface area contributed by atoms with Crippen LogP contribution >= 0.6 is 0 Å². The minimum atomic E-state index is -0.859. The molecule has 94 valence electrons. The van der Waals surface area contributed by atoms with Crippen LogP contribution in [-0.4, -0.2) is 36.6 Å². The summed E-state index contributed by atoms with van der Waals surface area (Å²) >= 11 is 0. The molecular weight excluding hydrogens is 214 g/mol. The molecule has 1 rings (SSSR count). The average Bonchev–Trinajstić information content (AvgIpc) is 2.29. The fraction of sp³-hybridized carbons (Fsp3) is 0.500. The number of nitrogens with zero attached hydrogens (tertiary/aromatic N) is 1. The maximum atomic E-state index is 10.7. The van der Waals surface area contributed by atoms with Crippen LogP contribution in [0.2, 0.25) is 0 Å². The molecule has 0 radical (unpaired) electrons. The second-order valence-corrected chi connectivity index (χ2v) is 4.62. The number of aryl methyl sites for hydroxylation is 1. The van der Waals surface area contributed by atoms with Gasteiger partial charge in [0, 0.05) is 0 Å². The number of hydrogen-bond acceptors (Lipinski definition) is 2. The number of unbranched alkanes of at least 4 members (excludes halogenated alkanes) is 2. The van der Waals surface area contributed by atoms with Gasteiger partial charge in [-0.05, 0) is 57.6 Å². The molecule has 0 bridgehead atoms. The molecule has 0 aromatic heterocycles. The van der Waals surface area contributed by atoms with E-state index in [2.05, 4.69) is 19.0 Å². The van der Waals surface area contributed by atoms with Crippen molar-refractivity contribution in [1.82, 2.24) is 4.90 Å². The van der Waals surface area contributed by atoms with E-state index in [0.717, 1.165) is 13.0 Å². The van der Waals surface area contributed by atoms with Gasteiger partial charge >= 0.3 is 5.97 Å². The van der Waals surface area contributed by atoms with Crippen LogP contribution in [0.25, 0.3) is 0 Å². The van der Waals surface area contributed by atoms with Gasteiger partial charge in [-0.25, -0.2) is 4.79 Å². The van der Waals surface area contributed by atoms with Crippen molar-refractivity contribution in [2.75, 3.05) is 20.6 Å². The van der Waals surface area contributed by atoms with Crippen molar-refractivity contribution in [3.8, 4) is 0 Å². The Morgan fingerprint density at radius 1 is 1.12 bits per heavy atom. The van der Waals surface area contributed by atoms with Gasteiger partial charge in [0.15, 0.2) is 0 Å². The molecule has 0 saturated carbocycles. The van der Waals surface area contributed by atoms with Crippen LogP contribution in [0.4, 0.5) is 0 Å². The molecule has 3 heteroatoms. The predicted molar refractivity (Wildman–Crippen MR) is 69.5 cm³/mol. The van der Waals surface area contributed by atoms with Crippen molar-refractivity contribution in [2.24, 2.45) is 0 Å². The lowest BCUT2D eigenvalue weighted by Gasteiger charge is -2.08. The first-order chi connectivity index (χ1) is 8.09. The molecule has 1 N–H and O–H groups in total. The number of carboxylic acids is 1. The van der Waals surface area contributed by atoms with Gasteiger partial charge in [-0.1, -0.05) is 18.6 Å². The summed E-state index contributed by atoms with van der Waals surface area (Å²) in [6.45, 7) is 1.14. The Balaban J connectivity index is 2.25. The Labute approximate surface area is 103 Å². The van der Waals surface area contributed by atoms with Crippen molar-refractivity contribution in [3.05, 3.63) is 35.4 Å². The third kappa shape index (κ3) is 5.50. The topological polar surface area (TPSA) is 40.5 Å². The molecule has 0 spiro atoms. The Morgan fingerprint density at radius 2 is 1.76 bits per heavy atom. The monoisotopic (exact) mass is 235 g/mol. The second-order valence-electron chi connectivity index (χ2n) is 4.62. The van der Waals surface area contributed by atoms with Gasteiger partial charge < -0.3 is 10.0 Å². The standard InChI is InChI=1S/C14H21NO2/c1-15(2)11-5-3-4-6-12-7-9-13(10-8-12)14(16)17/h7-10H,3-6,11H2,1-2H3,(H,16,17). The molecule has 17 heavy (non-hydrogen) atoms. The summed E-state index contributed by atoms with van der Waals surface area (Å²) in [7, 11) is 4.18. The summed E-state index contributed by atoms with van der Waals surface area (Å²) in [4.78, 5) is 12.9. The molecule has 0 atom stereocenters. The number of carboxylic acid groups (broad SMARTS) is 1. The Kier molecular flexibility index (Phi) is 5.70. The lowest BCUT2D eigenvalue weighted by Crippen LogP contribution is -2.12. The molecular formula is C14H21NO2. The maximum Gasteiger partial charge on any atom is 0.335 e. The Hall–Kier alpha value is -1.35. The number of carbonyl (C=O) groups is 1. The third-order valence-electron chi connectivity index (χ3n) is 2.77. The van der Waals surface area contributed by atoms with Gasteiger partial charge in [-0.3, -0.25) is 0 Å². The number of aromatic carboxylic acids is 1. The van der Waals surface area contributed by atoms with Crippen LogP contribution in [0.15, 0.2) is 24.3 Å². The SMILES string of the molecule is CN(C)CCCCCc1ccc(C(=O)O)cc1. The molecule has 0 aliphatic carbocycles. The van der Waals surface area contributed by atoms with Crippen LogP contribution in [0, 0.1) is 0 Å². The summed E-state index contributed by atoms with van der Waals surface area (Å²) in [6.07, 6.45) is 4.65. The van der Waals surface area contributed by atoms with E-state index >= 15 is 0 Å². The molecule has 1 aromatic carbocycles. The molecule has 0 unspecified atom stereocenters. The highest BCUT2D eigenvalue weighted by Gasteiger charge is 2.01. The summed E-state index contributed by atoms with van der Waals surface area (Å²) < 4.78 is 0. The van der Waals surface area contributed by atoms with Gasteiger partial charge in [0.2, 0.25) is 0 Å². The maximum absolute atomic E-state index is 10.7. The minimum Gasteiger partial charge on any atom is -0.478 e. The predicted octanol–water partition coefficient (Wildman–Crippen LogP) is 2.66. The van der Waals surface area contributed by atoms with Crippen LogP contribution in [0.1, 0.15) is 35.2 Å². The first-order valence-corrected chi connectivity index (χ1v) is 6.06. The Morgan fingerprint density at radius 3 is 2.29 bits per heavy atom. The van der Waals surface area contributed by atoms with Gasteiger partial charge in [0.25, 0.3) is 0 Å². The molecule has 0 amide bonds. The molecule has 0 heterocycles. The highest BCUT2D eigenvalue weighted by atomic mass is 16.4. The van der Waals surface area contributed by atoms with E-state index in [0.29, 0.717) is 5.56 Å². The smallest absolute Gasteiger partial charge is 0.335 e. The van der Waals surface area contributed by atoms with Crippen LogP contribution < -0.4 is 0 Å². The van der Waals surface area contributed by atoms with Gasteiger partial charge in [0.1, 0.15) is 0 Å². The van der Waals surface area contributed by atoms with Crippen LogP contribution in [-0.2, 0) is 6.42 Å². The minimum absolute atomic E-state index is 0.362. The van der Waals surface area contributed by atoms with E-state index in [9.17, 15) is 4.79 Å². The van der Waals surface area contributed by atoms with E-state index in [1.807, 2.05) is 12.1 Å². The van der Waals surface area contributed by atoms with Crippen LogP contribution in [0.3, 0.4) is 0 Å². The third-order valence-corrected chi connectivity index (χ3v) is 2.77. The zero-order valence-electron chi connectivity index (χ0n) is 10.6. The van der Waals surface area contributed by atoms with Gasteiger partial charge in [0.05, 0.1) is 5.56 Å². The van der Waals surface area contributed by atoms with Crippen molar-refractivity contribution in [3.63, 3.8) is 0 Å². The molecule has 0 saturated heterocycles. The quantitative estimate of drug-likeness (QED) is 0.739. The van der Waals surface area contributed by atoms with Gasteiger partial charge in [-0.15, -0.1) is 0 Å². The molecule has 1 aromatic rings. The lowest BCUT2D eigenvalue weighted by atomic mass is 10.1. The van der Waals surface area contributed by atoms with Crippen molar-refractivity contribution in [2.45, 2.75) is 25.7 Å². The summed E-state index contributed by atoms with van der Waals surface area (Å²) in [5.74, 6) is -0.859. The number of benzene rings is 1. The van der Waals surface area contributed by atoms with Gasteiger partial charge in [-0.2, -0.15) is 0 Å². The lowest BCUT2D eigenvalue weighted by molar-refractivity contribution is 0.0697. The van der Waals surface area contributed by atoms with Crippen molar-refractivity contribution >= 4 is 5.97 Å². The zero-order valence-corrected chi connectivity index (χ0v) is 10.6. The average molecular weight is 235 g/mol. The van der Waals surface area contributed by atoms with Crippen molar-refractivity contribution in [1.29, 1.82) is 0 Å². The number of hydrogen-bond donors (Lipinski definition) is 1. The molecule has 0 aliphatic rings. The van der Waals surface area contributed by atoms with E-state index in [1.165, 1.54) is 24.8 Å². The molecule has 0 aliphatic heterocycles. The second kappa shape index (κ2) is 7.07. The first-order valence-electron chi connectivity index (χ1n) is 6.06. The fourth-order valence-electron chi connectivity index (χ4n) is 1.75. The largest absolute Gasteiger partial charge is 0.478 e. The molecule has 3 nitrogen and oxygen atoms in total. The number of rotatable bonds is 7.